The molecule has 30 heteroatoms. The zero-order chi connectivity index (χ0) is 67.4. The lowest BCUT2D eigenvalue weighted by atomic mass is 10.0. The van der Waals surface area contributed by atoms with E-state index in [1.54, 1.807) is 91.0 Å². The Hall–Kier alpha value is -9.84. The first-order chi connectivity index (χ1) is 43.3. The number of nitrogens with one attached hydrogen (secondary N) is 9. The average molecular weight is 1270 g/mol. The Morgan fingerprint density at radius 3 is 0.835 bits per heavy atom. The molecule has 91 heavy (non-hydrogen) atoms. The SMILES string of the molecule is CC(=O)N[C@@H](CCC(N)=O)C(=O)N[C@@H](CCC(=O)O)C(=O)N[C@@H](Cc1ccccc1)C(=O)N[C@@H](CCCCN)C(=O)N[C@@H](Cc1ccccc1)C(=O)N[C@@H](CCC(=O)O)C(=O)N[C@@H](Cc1ccccc1)C(=O)N[C@@H](CCCCN)C(=O)N[C@@H](CCC(N)=O)C(N)=O. The molecule has 0 aliphatic heterocycles. The van der Waals surface area contributed by atoms with Gasteiger partial charge in [-0.2, -0.15) is 0 Å². The number of amides is 12. The summed E-state index contributed by atoms with van der Waals surface area (Å²) in [6, 6.07) is 11.3. The molecule has 3 aromatic rings. The summed E-state index contributed by atoms with van der Waals surface area (Å²) in [5.74, 6) is -13.7. The number of primary amides is 3. The van der Waals surface area contributed by atoms with Gasteiger partial charge in [0, 0.05) is 51.9 Å². The monoisotopic (exact) mass is 1270 g/mol. The molecule has 0 saturated carbocycles. The zero-order valence-electron chi connectivity index (χ0n) is 50.8. The second kappa shape index (κ2) is 40.7. The van der Waals surface area contributed by atoms with E-state index in [9.17, 15) is 77.3 Å². The summed E-state index contributed by atoms with van der Waals surface area (Å²) in [6.07, 6.45) is -3.08. The predicted octanol–water partition coefficient (Wildman–Crippen LogP) is -2.90. The van der Waals surface area contributed by atoms with Gasteiger partial charge in [-0.15, -0.1) is 0 Å². The van der Waals surface area contributed by atoms with Gasteiger partial charge in [-0.05, 0) is 94.0 Å². The van der Waals surface area contributed by atoms with E-state index in [4.69, 9.17) is 28.7 Å². The standard InChI is InChI=1S/C61H86N14O16/c1-36(76)67-43(24-28-50(65)78)56(86)71-44(25-29-51(79)80)57(87)74-47(34-38-17-7-3-8-18-38)60(90)70-42(22-12-14-32-63)55(85)73-48(35-39-19-9-4-10-20-39)61(91)72-45(26-30-52(81)82)58(88)75-46(33-37-15-5-2-6-16-37)59(89)69-41(21-11-13-31-62)54(84)68-40(53(66)83)23-27-49(64)77/h2-10,15-20,40-48H,11-14,21-35,62-63H2,1H3,(H2,64,77)(H2,65,78)(H2,66,83)(H,67,76)(H,68,84)(H,69,89)(H,70,90)(H,71,86)(H,72,91)(H,73,85)(H,74,87)(H,75,88)(H,79,80)(H,81,82)/t40-,41-,42-,43-,44-,45-,46-,47-,48-/m0/s1. The number of carboxylic acid groups (broad SMARTS) is 2. The molecule has 12 amide bonds. The van der Waals surface area contributed by atoms with Gasteiger partial charge in [0.25, 0.3) is 0 Å². The van der Waals surface area contributed by atoms with E-state index >= 15 is 0 Å². The Labute approximate surface area is 526 Å². The van der Waals surface area contributed by atoms with Crippen molar-refractivity contribution in [1.29, 1.82) is 0 Å². The van der Waals surface area contributed by atoms with E-state index in [1.165, 1.54) is 0 Å². The van der Waals surface area contributed by atoms with E-state index in [2.05, 4.69) is 47.9 Å². The first kappa shape index (κ1) is 75.4. The second-order valence-corrected chi connectivity index (χ2v) is 21.7. The van der Waals surface area contributed by atoms with Gasteiger partial charge < -0.3 is 86.7 Å². The van der Waals surface area contributed by atoms with E-state index < -0.39 is 163 Å². The fourth-order valence-electron chi connectivity index (χ4n) is 9.33. The Kier molecular flexibility index (Phi) is 33.7. The van der Waals surface area contributed by atoms with E-state index in [-0.39, 0.29) is 77.3 Å². The first-order valence-corrected chi connectivity index (χ1v) is 29.8. The molecule has 0 bridgehead atoms. The normalized spacial score (nSPS) is 13.8. The molecular formula is C61H86N14O16. The summed E-state index contributed by atoms with van der Waals surface area (Å²) < 4.78 is 0. The van der Waals surface area contributed by atoms with Gasteiger partial charge in [0.2, 0.25) is 70.9 Å². The minimum Gasteiger partial charge on any atom is -0.481 e. The maximum atomic E-state index is 14.7. The largest absolute Gasteiger partial charge is 0.481 e. The number of rotatable bonds is 44. The van der Waals surface area contributed by atoms with Gasteiger partial charge in [-0.3, -0.25) is 67.1 Å². The Bertz CT molecular complexity index is 2940. The van der Waals surface area contributed by atoms with Crippen molar-refractivity contribution in [2.75, 3.05) is 13.1 Å². The smallest absolute Gasteiger partial charge is 0.303 e. The second-order valence-electron chi connectivity index (χ2n) is 21.7. The van der Waals surface area contributed by atoms with E-state index in [0.29, 0.717) is 36.0 Å². The van der Waals surface area contributed by atoms with Crippen LogP contribution in [0.15, 0.2) is 91.0 Å². The molecule has 3 aromatic carbocycles. The van der Waals surface area contributed by atoms with Crippen molar-refractivity contribution < 1.29 is 77.3 Å². The highest BCUT2D eigenvalue weighted by Crippen LogP contribution is 2.14. The Balaban J connectivity index is 2.05. The molecule has 21 N–H and O–H groups in total. The molecule has 0 radical (unpaired) electrons. The van der Waals surface area contributed by atoms with Crippen LogP contribution in [0.4, 0.5) is 0 Å². The molecule has 0 aliphatic carbocycles. The minimum absolute atomic E-state index is 0.0141. The number of hydrogen-bond donors (Lipinski definition) is 16. The van der Waals surface area contributed by atoms with Gasteiger partial charge in [-0.25, -0.2) is 0 Å². The number of hydrogen-bond acceptors (Lipinski definition) is 16. The summed E-state index contributed by atoms with van der Waals surface area (Å²) in [7, 11) is 0. The number of carbonyl (C=O) groups is 14. The van der Waals surface area contributed by atoms with Crippen LogP contribution in [0.3, 0.4) is 0 Å². The summed E-state index contributed by atoms with van der Waals surface area (Å²) >= 11 is 0. The molecular weight excluding hydrogens is 1180 g/mol. The maximum absolute atomic E-state index is 14.7. The summed E-state index contributed by atoms with van der Waals surface area (Å²) in [5.41, 5.74) is 29.1. The third-order valence-corrected chi connectivity index (χ3v) is 14.2. The highest BCUT2D eigenvalue weighted by atomic mass is 16.4. The van der Waals surface area contributed by atoms with Crippen molar-refractivity contribution >= 4 is 82.8 Å². The average Bonchev–Trinajstić information content (AvgIpc) is 3.67. The van der Waals surface area contributed by atoms with E-state index in [0.717, 1.165) is 6.92 Å². The molecule has 3 rings (SSSR count). The van der Waals surface area contributed by atoms with Gasteiger partial charge in [0.05, 0.1) is 0 Å². The van der Waals surface area contributed by atoms with Crippen LogP contribution in [-0.4, -0.2) is 161 Å². The number of carboxylic acids is 2. The first-order valence-electron chi connectivity index (χ1n) is 29.8. The van der Waals surface area contributed by atoms with Crippen molar-refractivity contribution in [2.45, 2.75) is 170 Å². The summed E-state index contributed by atoms with van der Waals surface area (Å²) in [6.45, 7) is 1.49. The topological polar surface area (TPSA) is 518 Å². The summed E-state index contributed by atoms with van der Waals surface area (Å²) in [5, 5.41) is 42.3. The van der Waals surface area contributed by atoms with Crippen molar-refractivity contribution in [3.63, 3.8) is 0 Å². The number of unbranched alkanes of at least 4 members (excludes halogenated alkanes) is 2. The molecule has 0 aromatic heterocycles. The lowest BCUT2D eigenvalue weighted by molar-refractivity contribution is -0.139. The van der Waals surface area contributed by atoms with Crippen molar-refractivity contribution in [3.05, 3.63) is 108 Å². The quantitative estimate of drug-likeness (QED) is 0.0253. The molecule has 0 fully saturated rings. The van der Waals surface area contributed by atoms with Crippen molar-refractivity contribution in [1.82, 2.24) is 47.9 Å². The van der Waals surface area contributed by atoms with Crippen molar-refractivity contribution in [2.24, 2.45) is 28.7 Å². The van der Waals surface area contributed by atoms with Crippen molar-refractivity contribution in [3.8, 4) is 0 Å². The molecule has 0 aliphatic rings. The number of carbonyl (C=O) groups excluding carboxylic acids is 12. The third kappa shape index (κ3) is 29.8. The lowest BCUT2D eigenvalue weighted by Gasteiger charge is -2.28. The summed E-state index contributed by atoms with van der Waals surface area (Å²) in [4.78, 5) is 186. The Morgan fingerprint density at radius 2 is 0.571 bits per heavy atom. The van der Waals surface area contributed by atoms with Crippen LogP contribution >= 0.6 is 0 Å². The Morgan fingerprint density at radius 1 is 0.330 bits per heavy atom. The molecule has 30 nitrogen and oxygen atoms in total. The molecule has 0 unspecified atom stereocenters. The van der Waals surface area contributed by atoms with Gasteiger partial charge in [-0.1, -0.05) is 91.0 Å². The molecule has 9 atom stereocenters. The number of aliphatic carboxylic acids is 2. The molecule has 0 spiro atoms. The fourth-order valence-corrected chi connectivity index (χ4v) is 9.33. The predicted molar refractivity (Wildman–Crippen MR) is 329 cm³/mol. The third-order valence-electron chi connectivity index (χ3n) is 14.2. The van der Waals surface area contributed by atoms with Crippen LogP contribution in [0.25, 0.3) is 0 Å². The highest BCUT2D eigenvalue weighted by Gasteiger charge is 2.36. The number of nitrogens with two attached hydrogens (primary N) is 5. The van der Waals surface area contributed by atoms with E-state index in [1.807, 2.05) is 0 Å². The van der Waals surface area contributed by atoms with Crippen LogP contribution in [0.5, 0.6) is 0 Å². The van der Waals surface area contributed by atoms with Crippen LogP contribution in [-0.2, 0) is 86.4 Å². The van der Waals surface area contributed by atoms with Crippen LogP contribution in [0.1, 0.15) is 114 Å². The zero-order valence-corrected chi connectivity index (χ0v) is 50.8. The highest BCUT2D eigenvalue weighted by molar-refractivity contribution is 5.99. The minimum atomic E-state index is -1.71. The lowest BCUT2D eigenvalue weighted by Crippen LogP contribution is -2.61. The van der Waals surface area contributed by atoms with Gasteiger partial charge in [0.15, 0.2) is 0 Å². The molecule has 0 heterocycles. The molecule has 496 valence electrons. The van der Waals surface area contributed by atoms with Crippen LogP contribution in [0.2, 0.25) is 0 Å². The number of benzene rings is 3. The van der Waals surface area contributed by atoms with Gasteiger partial charge >= 0.3 is 11.9 Å². The molecule has 0 saturated heterocycles. The maximum Gasteiger partial charge on any atom is 0.303 e. The van der Waals surface area contributed by atoms with Crippen LogP contribution in [0, 0.1) is 0 Å². The van der Waals surface area contributed by atoms with Crippen LogP contribution < -0.4 is 76.5 Å². The fraction of sp³-hybridized carbons (Fsp3) is 0.475. The van der Waals surface area contributed by atoms with Gasteiger partial charge in [0.1, 0.15) is 54.4 Å².